The standard InChI is InChI=1S/C20H14N4O2/c25-17(14-7-2-1-3-8-14)13-23-15-9-4-5-10-16(15)24-20(23)21-19(22-24)18-11-6-12-26-18/h1-12H,13H2. The first-order valence-electron chi connectivity index (χ1n) is 8.27. The van der Waals surface area contributed by atoms with Crippen LogP contribution in [0, 0.1) is 0 Å². The number of hydrogen-bond donors (Lipinski definition) is 0. The molecule has 6 heteroatoms. The Morgan fingerprint density at radius 2 is 1.69 bits per heavy atom. The maximum absolute atomic E-state index is 12.7. The molecular weight excluding hydrogens is 328 g/mol. The largest absolute Gasteiger partial charge is 0.461 e. The van der Waals surface area contributed by atoms with E-state index in [0.717, 1.165) is 11.0 Å². The van der Waals surface area contributed by atoms with Gasteiger partial charge in [0.05, 0.1) is 23.8 Å². The highest BCUT2D eigenvalue weighted by Crippen LogP contribution is 2.23. The van der Waals surface area contributed by atoms with Gasteiger partial charge in [0.1, 0.15) is 0 Å². The Bertz CT molecular complexity index is 1220. The number of fused-ring (bicyclic) bond motifs is 3. The molecule has 0 fully saturated rings. The summed E-state index contributed by atoms with van der Waals surface area (Å²) in [6.07, 6.45) is 1.59. The lowest BCUT2D eigenvalue weighted by Gasteiger charge is -2.04. The number of ketones is 1. The number of nitrogens with zero attached hydrogens (tertiary/aromatic N) is 4. The fourth-order valence-corrected chi connectivity index (χ4v) is 3.14. The summed E-state index contributed by atoms with van der Waals surface area (Å²) in [7, 11) is 0. The van der Waals surface area contributed by atoms with Gasteiger partial charge in [-0.25, -0.2) is 0 Å². The van der Waals surface area contributed by atoms with Crippen molar-refractivity contribution in [1.29, 1.82) is 0 Å². The van der Waals surface area contributed by atoms with Crippen LogP contribution in [0.2, 0.25) is 0 Å². The van der Waals surface area contributed by atoms with E-state index in [4.69, 9.17) is 4.42 Å². The van der Waals surface area contributed by atoms with Gasteiger partial charge in [-0.15, -0.1) is 5.10 Å². The minimum absolute atomic E-state index is 0.0244. The summed E-state index contributed by atoms with van der Waals surface area (Å²) in [5, 5.41) is 4.56. The van der Waals surface area contributed by atoms with E-state index in [1.165, 1.54) is 0 Å². The molecule has 0 unspecified atom stereocenters. The Morgan fingerprint density at radius 1 is 0.923 bits per heavy atom. The Labute approximate surface area is 148 Å². The van der Waals surface area contributed by atoms with Crippen molar-refractivity contribution >= 4 is 22.6 Å². The van der Waals surface area contributed by atoms with E-state index in [1.807, 2.05) is 65.2 Å². The van der Waals surface area contributed by atoms with Crippen LogP contribution in [0.1, 0.15) is 10.4 Å². The molecule has 0 saturated heterocycles. The highest BCUT2D eigenvalue weighted by molar-refractivity contribution is 5.97. The number of carbonyl (C=O) groups is 1. The van der Waals surface area contributed by atoms with Crippen molar-refractivity contribution in [3.05, 3.63) is 78.6 Å². The van der Waals surface area contributed by atoms with Crippen molar-refractivity contribution in [2.75, 3.05) is 0 Å². The zero-order chi connectivity index (χ0) is 17.5. The van der Waals surface area contributed by atoms with Gasteiger partial charge in [0.15, 0.2) is 11.5 Å². The number of furan rings is 1. The second kappa shape index (κ2) is 5.70. The Kier molecular flexibility index (Phi) is 3.21. The molecule has 6 nitrogen and oxygen atoms in total. The number of para-hydroxylation sites is 2. The lowest BCUT2D eigenvalue weighted by molar-refractivity contribution is 0.0974. The molecule has 0 radical (unpaired) electrons. The van der Waals surface area contributed by atoms with Crippen LogP contribution in [0.3, 0.4) is 0 Å². The zero-order valence-corrected chi connectivity index (χ0v) is 13.7. The van der Waals surface area contributed by atoms with Gasteiger partial charge in [0, 0.05) is 5.56 Å². The van der Waals surface area contributed by atoms with E-state index in [9.17, 15) is 4.79 Å². The van der Waals surface area contributed by atoms with Gasteiger partial charge in [-0.05, 0) is 24.3 Å². The molecule has 2 aromatic carbocycles. The SMILES string of the molecule is O=C(Cn1c2ccccc2n2nc(-c3ccco3)nc12)c1ccccc1. The summed E-state index contributed by atoms with van der Waals surface area (Å²) < 4.78 is 9.05. The molecule has 26 heavy (non-hydrogen) atoms. The van der Waals surface area contributed by atoms with E-state index in [2.05, 4.69) is 10.1 Å². The van der Waals surface area contributed by atoms with Gasteiger partial charge >= 0.3 is 0 Å². The van der Waals surface area contributed by atoms with Crippen LogP contribution in [0.4, 0.5) is 0 Å². The minimum Gasteiger partial charge on any atom is -0.461 e. The van der Waals surface area contributed by atoms with Crippen LogP contribution in [-0.2, 0) is 6.54 Å². The maximum atomic E-state index is 12.7. The molecule has 0 spiro atoms. The predicted molar refractivity (Wildman–Crippen MR) is 97.0 cm³/mol. The van der Waals surface area contributed by atoms with Gasteiger partial charge in [0.2, 0.25) is 11.6 Å². The van der Waals surface area contributed by atoms with Gasteiger partial charge < -0.3 is 8.98 Å². The summed E-state index contributed by atoms with van der Waals surface area (Å²) in [6, 6.07) is 20.7. The smallest absolute Gasteiger partial charge is 0.234 e. The van der Waals surface area contributed by atoms with E-state index < -0.39 is 0 Å². The molecule has 0 saturated carbocycles. The third-order valence-electron chi connectivity index (χ3n) is 4.37. The number of Topliss-reactive ketones (excluding diaryl/α,β-unsaturated/α-hetero) is 1. The molecule has 0 N–H and O–H groups in total. The van der Waals surface area contributed by atoms with Crippen LogP contribution in [-0.4, -0.2) is 24.9 Å². The van der Waals surface area contributed by atoms with Crippen molar-refractivity contribution < 1.29 is 9.21 Å². The summed E-state index contributed by atoms with van der Waals surface area (Å²) in [4.78, 5) is 17.3. The van der Waals surface area contributed by atoms with Crippen molar-refractivity contribution in [3.8, 4) is 11.6 Å². The second-order valence-corrected chi connectivity index (χ2v) is 5.99. The fourth-order valence-electron chi connectivity index (χ4n) is 3.14. The van der Waals surface area contributed by atoms with Gasteiger partial charge in [0.25, 0.3) is 0 Å². The van der Waals surface area contributed by atoms with Crippen molar-refractivity contribution in [1.82, 2.24) is 19.2 Å². The molecule has 0 bridgehead atoms. The average molecular weight is 342 g/mol. The molecule has 0 aliphatic rings. The molecule has 5 aromatic rings. The summed E-state index contributed by atoms with van der Waals surface area (Å²) >= 11 is 0. The first kappa shape index (κ1) is 14.7. The van der Waals surface area contributed by atoms with E-state index in [0.29, 0.717) is 22.9 Å². The van der Waals surface area contributed by atoms with Crippen molar-refractivity contribution in [2.24, 2.45) is 0 Å². The highest BCUT2D eigenvalue weighted by atomic mass is 16.3. The van der Waals surface area contributed by atoms with E-state index in [-0.39, 0.29) is 12.3 Å². The van der Waals surface area contributed by atoms with Crippen LogP contribution >= 0.6 is 0 Å². The number of hydrogen-bond acceptors (Lipinski definition) is 4. The molecule has 0 aliphatic heterocycles. The summed E-state index contributed by atoms with van der Waals surface area (Å²) in [5.74, 6) is 1.73. The van der Waals surface area contributed by atoms with Crippen molar-refractivity contribution in [3.63, 3.8) is 0 Å². The first-order chi connectivity index (χ1) is 12.8. The average Bonchev–Trinajstić information content (AvgIpc) is 3.40. The van der Waals surface area contributed by atoms with Crippen LogP contribution in [0.5, 0.6) is 0 Å². The Morgan fingerprint density at radius 3 is 2.46 bits per heavy atom. The summed E-state index contributed by atoms with van der Waals surface area (Å²) in [5.41, 5.74) is 2.49. The molecule has 126 valence electrons. The molecule has 0 amide bonds. The van der Waals surface area contributed by atoms with Crippen LogP contribution in [0.25, 0.3) is 28.4 Å². The lowest BCUT2D eigenvalue weighted by Crippen LogP contribution is -2.10. The highest BCUT2D eigenvalue weighted by Gasteiger charge is 2.19. The normalized spacial score (nSPS) is 11.4. The minimum atomic E-state index is 0.0244. The molecule has 0 atom stereocenters. The molecule has 5 rings (SSSR count). The lowest BCUT2D eigenvalue weighted by atomic mass is 10.1. The topological polar surface area (TPSA) is 65.3 Å². The Balaban J connectivity index is 1.68. The van der Waals surface area contributed by atoms with Crippen LogP contribution in [0.15, 0.2) is 77.4 Å². The van der Waals surface area contributed by atoms with Gasteiger partial charge in [-0.1, -0.05) is 42.5 Å². The number of carbonyl (C=O) groups excluding carboxylic acids is 1. The summed E-state index contributed by atoms with van der Waals surface area (Å²) in [6.45, 7) is 0.192. The number of aromatic nitrogens is 4. The van der Waals surface area contributed by atoms with Crippen LogP contribution < -0.4 is 0 Å². The fraction of sp³-hybridized carbons (Fsp3) is 0.0500. The third-order valence-corrected chi connectivity index (χ3v) is 4.37. The second-order valence-electron chi connectivity index (χ2n) is 5.99. The number of rotatable bonds is 4. The van der Waals surface area contributed by atoms with E-state index in [1.54, 1.807) is 16.8 Å². The van der Waals surface area contributed by atoms with Gasteiger partial charge in [-0.2, -0.15) is 9.50 Å². The molecule has 0 aliphatic carbocycles. The Hall–Kier alpha value is -3.67. The number of benzene rings is 2. The predicted octanol–water partition coefficient (Wildman–Crippen LogP) is 3.83. The third kappa shape index (κ3) is 2.23. The molecule has 3 heterocycles. The monoisotopic (exact) mass is 342 g/mol. The van der Waals surface area contributed by atoms with Gasteiger partial charge in [-0.3, -0.25) is 4.79 Å². The van der Waals surface area contributed by atoms with E-state index >= 15 is 0 Å². The maximum Gasteiger partial charge on any atom is 0.234 e. The van der Waals surface area contributed by atoms with Crippen molar-refractivity contribution in [2.45, 2.75) is 6.54 Å². The first-order valence-corrected chi connectivity index (χ1v) is 8.27. The molecule has 3 aromatic heterocycles. The molecular formula is C20H14N4O2. The quantitative estimate of drug-likeness (QED) is 0.466. The zero-order valence-electron chi connectivity index (χ0n) is 13.7. The number of imidazole rings is 1.